The average molecular weight is 373 g/mol. The smallest absolute Gasteiger partial charge is 0.222 e. The Morgan fingerprint density at radius 3 is 2.35 bits per heavy atom. The molecule has 0 aromatic heterocycles. The molecule has 1 saturated heterocycles. The van der Waals surface area contributed by atoms with Gasteiger partial charge in [0.2, 0.25) is 5.91 Å². The Labute approximate surface area is 156 Å². The van der Waals surface area contributed by atoms with Crippen LogP contribution in [0.4, 0.5) is 0 Å². The molecule has 1 rings (SSSR count). The molecule has 0 saturated carbocycles. The van der Waals surface area contributed by atoms with E-state index in [1.54, 1.807) is 0 Å². The van der Waals surface area contributed by atoms with E-state index in [4.69, 9.17) is 9.84 Å². The van der Waals surface area contributed by atoms with E-state index < -0.39 is 37.3 Å². The van der Waals surface area contributed by atoms with Crippen molar-refractivity contribution in [3.05, 3.63) is 12.2 Å². The molecule has 1 aliphatic heterocycles. The largest absolute Gasteiger partial charge is 0.394 e. The van der Waals surface area contributed by atoms with Crippen molar-refractivity contribution in [2.24, 2.45) is 0 Å². The molecule has 0 aliphatic carbocycles. The summed E-state index contributed by atoms with van der Waals surface area (Å²) < 4.78 is 5.10. The van der Waals surface area contributed by atoms with Gasteiger partial charge in [-0.05, 0) is 25.7 Å². The molecule has 1 unspecified atom stereocenters. The topological polar surface area (TPSA) is 110 Å². The van der Waals surface area contributed by atoms with Crippen LogP contribution >= 0.6 is 0 Å². The van der Waals surface area contributed by atoms with E-state index in [9.17, 15) is 20.1 Å². The summed E-state index contributed by atoms with van der Waals surface area (Å²) in [4.78, 5) is 13.5. The van der Waals surface area contributed by atoms with Gasteiger partial charge in [0, 0.05) is 13.5 Å². The molecule has 1 heterocycles. The number of carbonyl (C=O) groups is 1. The summed E-state index contributed by atoms with van der Waals surface area (Å²) in [6, 6.07) is -1.05. The van der Waals surface area contributed by atoms with Crippen molar-refractivity contribution in [3.63, 3.8) is 0 Å². The van der Waals surface area contributed by atoms with Crippen LogP contribution in [0, 0.1) is 0 Å². The summed E-state index contributed by atoms with van der Waals surface area (Å²) >= 11 is 0. The molecule has 152 valence electrons. The molecule has 0 bridgehead atoms. The SMILES string of the molecule is CCC=CCCCCCCCC(=O)N(C)[C@H]1C(O)O[C@H](CO)[C@@H](O)[C@@H]1O. The molecule has 0 aromatic carbocycles. The zero-order valence-corrected chi connectivity index (χ0v) is 16.0. The predicted molar refractivity (Wildman–Crippen MR) is 98.3 cm³/mol. The Hall–Kier alpha value is -0.990. The van der Waals surface area contributed by atoms with Crippen LogP contribution in [0.25, 0.3) is 0 Å². The lowest BCUT2D eigenvalue weighted by Crippen LogP contribution is -2.64. The van der Waals surface area contributed by atoms with E-state index in [0.717, 1.165) is 44.9 Å². The number of likely N-dealkylation sites (N-methyl/N-ethyl adjacent to an activating group) is 1. The van der Waals surface area contributed by atoms with Crippen molar-refractivity contribution in [2.45, 2.75) is 88.9 Å². The summed E-state index contributed by atoms with van der Waals surface area (Å²) in [7, 11) is 1.48. The lowest BCUT2D eigenvalue weighted by Gasteiger charge is -2.43. The Kier molecular flexibility index (Phi) is 11.0. The highest BCUT2D eigenvalue weighted by atomic mass is 16.6. The Bertz CT molecular complexity index is 430. The van der Waals surface area contributed by atoms with Crippen LogP contribution < -0.4 is 0 Å². The van der Waals surface area contributed by atoms with Gasteiger partial charge >= 0.3 is 0 Å². The van der Waals surface area contributed by atoms with Crippen molar-refractivity contribution in [1.82, 2.24) is 4.90 Å². The third-order valence-corrected chi connectivity index (χ3v) is 4.87. The van der Waals surface area contributed by atoms with Crippen LogP contribution in [-0.2, 0) is 9.53 Å². The van der Waals surface area contributed by atoms with E-state index >= 15 is 0 Å². The first-order chi connectivity index (χ1) is 12.4. The molecular weight excluding hydrogens is 338 g/mol. The number of aliphatic hydroxyl groups excluding tert-OH is 4. The predicted octanol–water partition coefficient (Wildman–Crippen LogP) is 0.942. The molecule has 7 heteroatoms. The summed E-state index contributed by atoms with van der Waals surface area (Å²) in [5, 5.41) is 39.2. The third-order valence-electron chi connectivity index (χ3n) is 4.87. The van der Waals surface area contributed by atoms with Gasteiger partial charge in [0.25, 0.3) is 0 Å². The maximum Gasteiger partial charge on any atom is 0.222 e. The second-order valence-electron chi connectivity index (χ2n) is 6.91. The first-order valence-electron chi connectivity index (χ1n) is 9.65. The first-order valence-corrected chi connectivity index (χ1v) is 9.65. The maximum atomic E-state index is 12.3. The van der Waals surface area contributed by atoms with Gasteiger partial charge in [-0.25, -0.2) is 0 Å². The quantitative estimate of drug-likeness (QED) is 0.317. The Balaban J connectivity index is 2.30. The van der Waals surface area contributed by atoms with Crippen LogP contribution in [0.2, 0.25) is 0 Å². The fourth-order valence-electron chi connectivity index (χ4n) is 3.20. The van der Waals surface area contributed by atoms with Gasteiger partial charge in [-0.1, -0.05) is 38.3 Å². The fraction of sp³-hybridized carbons (Fsp3) is 0.842. The minimum atomic E-state index is -1.45. The van der Waals surface area contributed by atoms with E-state index in [1.165, 1.54) is 11.9 Å². The van der Waals surface area contributed by atoms with Crippen molar-refractivity contribution >= 4 is 5.91 Å². The average Bonchev–Trinajstić information content (AvgIpc) is 2.63. The van der Waals surface area contributed by atoms with Gasteiger partial charge in [0.05, 0.1) is 6.61 Å². The zero-order valence-electron chi connectivity index (χ0n) is 16.0. The molecular formula is C19H35NO6. The number of carbonyl (C=O) groups excluding carboxylic acids is 1. The lowest BCUT2D eigenvalue weighted by atomic mass is 9.95. The normalized spacial score (nSPS) is 29.2. The summed E-state index contributed by atoms with van der Waals surface area (Å²) in [5.41, 5.74) is 0. The highest BCUT2D eigenvalue weighted by molar-refractivity contribution is 5.76. The zero-order chi connectivity index (χ0) is 19.5. The molecule has 1 amide bonds. The number of aliphatic hydroxyl groups is 4. The number of amides is 1. The van der Waals surface area contributed by atoms with Gasteiger partial charge in [0.15, 0.2) is 6.29 Å². The summed E-state index contributed by atoms with van der Waals surface area (Å²) in [6.45, 7) is 1.60. The summed E-state index contributed by atoms with van der Waals surface area (Å²) in [5.74, 6) is -0.211. The third kappa shape index (κ3) is 6.96. The molecule has 1 fully saturated rings. The van der Waals surface area contributed by atoms with Crippen LogP contribution in [-0.4, -0.2) is 75.5 Å². The number of hydrogen-bond donors (Lipinski definition) is 4. The van der Waals surface area contributed by atoms with Crippen molar-refractivity contribution in [1.29, 1.82) is 0 Å². The van der Waals surface area contributed by atoms with Gasteiger partial charge in [-0.2, -0.15) is 0 Å². The molecule has 0 spiro atoms. The molecule has 0 aromatic rings. The van der Waals surface area contributed by atoms with Crippen LogP contribution in [0.3, 0.4) is 0 Å². The second kappa shape index (κ2) is 12.4. The Morgan fingerprint density at radius 1 is 1.04 bits per heavy atom. The standard InChI is InChI=1S/C19H35NO6/c1-3-4-5-6-7-8-9-10-11-12-15(22)20(2)16-18(24)17(23)14(13-21)26-19(16)25/h4-5,14,16-19,21,23-25H,3,6-13H2,1-2H3/t14-,16-,17-,18-,19?/m1/s1. The molecule has 7 nitrogen and oxygen atoms in total. The molecule has 5 atom stereocenters. The number of hydrogen-bond acceptors (Lipinski definition) is 6. The molecule has 1 aliphatic rings. The van der Waals surface area contributed by atoms with Gasteiger partial charge < -0.3 is 30.1 Å². The van der Waals surface area contributed by atoms with Crippen molar-refractivity contribution in [2.75, 3.05) is 13.7 Å². The van der Waals surface area contributed by atoms with Crippen LogP contribution in [0.5, 0.6) is 0 Å². The Morgan fingerprint density at radius 2 is 1.69 bits per heavy atom. The van der Waals surface area contributed by atoms with E-state index in [-0.39, 0.29) is 5.91 Å². The van der Waals surface area contributed by atoms with Crippen LogP contribution in [0.15, 0.2) is 12.2 Å². The van der Waals surface area contributed by atoms with Gasteiger partial charge in [-0.15, -0.1) is 0 Å². The fourth-order valence-corrected chi connectivity index (χ4v) is 3.20. The van der Waals surface area contributed by atoms with Crippen molar-refractivity contribution < 1.29 is 30.0 Å². The van der Waals surface area contributed by atoms with Gasteiger partial charge in [0.1, 0.15) is 24.4 Å². The van der Waals surface area contributed by atoms with E-state index in [1.807, 2.05) is 0 Å². The van der Waals surface area contributed by atoms with Crippen LogP contribution in [0.1, 0.15) is 58.3 Å². The number of rotatable bonds is 11. The first kappa shape index (κ1) is 23.0. The number of nitrogens with zero attached hydrogens (tertiary/aromatic N) is 1. The molecule has 26 heavy (non-hydrogen) atoms. The number of allylic oxidation sites excluding steroid dienone is 2. The second-order valence-corrected chi connectivity index (χ2v) is 6.91. The minimum absolute atomic E-state index is 0.211. The molecule has 0 radical (unpaired) electrons. The highest BCUT2D eigenvalue weighted by Gasteiger charge is 2.46. The number of ether oxygens (including phenoxy) is 1. The van der Waals surface area contributed by atoms with Crippen molar-refractivity contribution in [3.8, 4) is 0 Å². The van der Waals surface area contributed by atoms with E-state index in [2.05, 4.69) is 19.1 Å². The van der Waals surface area contributed by atoms with Gasteiger partial charge in [-0.3, -0.25) is 4.79 Å². The monoisotopic (exact) mass is 373 g/mol. The van der Waals surface area contributed by atoms with E-state index in [0.29, 0.717) is 6.42 Å². The maximum absolute atomic E-state index is 12.3. The molecule has 4 N–H and O–H groups in total. The highest BCUT2D eigenvalue weighted by Crippen LogP contribution is 2.24. The summed E-state index contributed by atoms with van der Waals surface area (Å²) in [6.07, 6.45) is 6.71. The lowest BCUT2D eigenvalue weighted by molar-refractivity contribution is -0.268. The minimum Gasteiger partial charge on any atom is -0.394 e. The number of unbranched alkanes of at least 4 members (excludes halogenated alkanes) is 5.